The van der Waals surface area contributed by atoms with Gasteiger partial charge in [0.15, 0.2) is 0 Å². The molecule has 0 N–H and O–H groups in total. The Morgan fingerprint density at radius 2 is 0.526 bits per heavy atom. The molecular formula is C57H36. The molecule has 0 aromatic heterocycles. The first kappa shape index (κ1) is 34.0. The van der Waals surface area contributed by atoms with E-state index in [0.29, 0.717) is 0 Å². The average Bonchev–Trinajstić information content (AvgIpc) is 3.23. The van der Waals surface area contributed by atoms with Crippen molar-refractivity contribution in [3.63, 3.8) is 0 Å². The van der Waals surface area contributed by atoms with Gasteiger partial charge in [0.2, 0.25) is 0 Å². The molecule has 0 heterocycles. The molecule has 0 saturated heterocycles. The number of rotatable bonds is 2. The normalized spacial score (nSPS) is 11.0. The smallest absolute Gasteiger partial charge is 0.0403 e. The van der Waals surface area contributed by atoms with Gasteiger partial charge >= 0.3 is 0 Å². The summed E-state index contributed by atoms with van der Waals surface area (Å²) in [6.45, 7) is 7.68. The lowest BCUT2D eigenvalue weighted by molar-refractivity contribution is 1.21. The summed E-state index contributed by atoms with van der Waals surface area (Å²) in [6, 6.07) is 49.3. The van der Waals surface area contributed by atoms with E-state index in [4.69, 9.17) is 0 Å². The summed E-state index contributed by atoms with van der Waals surface area (Å²) in [5, 5.41) is 18.8. The first-order chi connectivity index (χ1) is 28.0. The van der Waals surface area contributed by atoms with E-state index >= 15 is 0 Å². The highest BCUT2D eigenvalue weighted by Crippen LogP contribution is 2.39. The molecule has 57 heavy (non-hydrogen) atoms. The molecule has 10 rings (SSSR count). The SMILES string of the molecule is CC#Cc1c2cc3ccccc3cc2c(C#CC)c2cc3cc(Cc4ccc5cc6c(C#CC)c7cc8ccccc8cc7c(C#CC)c6cc5c4)ccc3cc12. The van der Waals surface area contributed by atoms with Crippen molar-refractivity contribution in [3.05, 3.63) is 167 Å². The van der Waals surface area contributed by atoms with Crippen LogP contribution < -0.4 is 0 Å². The molecule has 10 aromatic rings. The molecule has 0 atom stereocenters. The van der Waals surface area contributed by atoms with Gasteiger partial charge in [0.1, 0.15) is 0 Å². The van der Waals surface area contributed by atoms with Crippen molar-refractivity contribution >= 4 is 86.2 Å². The molecular weight excluding hydrogens is 685 g/mol. The molecule has 0 amide bonds. The van der Waals surface area contributed by atoms with Crippen LogP contribution in [0.2, 0.25) is 0 Å². The molecule has 0 fully saturated rings. The predicted molar refractivity (Wildman–Crippen MR) is 246 cm³/mol. The molecule has 0 aliphatic heterocycles. The van der Waals surface area contributed by atoms with Crippen molar-refractivity contribution in [1.29, 1.82) is 0 Å². The molecule has 0 heteroatoms. The van der Waals surface area contributed by atoms with Gasteiger partial charge in [-0.3, -0.25) is 0 Å². The molecule has 10 aromatic carbocycles. The summed E-state index contributed by atoms with van der Waals surface area (Å²) < 4.78 is 0. The molecule has 0 unspecified atom stereocenters. The first-order valence-corrected chi connectivity index (χ1v) is 19.5. The Labute approximate surface area is 333 Å². The Kier molecular flexibility index (Phi) is 8.17. The van der Waals surface area contributed by atoms with Crippen molar-refractivity contribution < 1.29 is 0 Å². The standard InChI is InChI=1S/C57H36/c1-5-13-46-50-28-38-17-9-11-19-40(38)30-52(50)48(15-7-3)56-34-44-26-36(21-23-42(44)32-54(46)56)25-37-22-24-43-33-55-47(14-6-2)51-29-39-18-10-12-20-41(39)31-53(51)49(16-8-4)57(55)35-45(43)27-37/h9-12,17-24,26-35H,25H2,1-4H3. The first-order valence-electron chi connectivity index (χ1n) is 19.5. The van der Waals surface area contributed by atoms with E-state index < -0.39 is 0 Å². The van der Waals surface area contributed by atoms with Crippen LogP contribution in [0.15, 0.2) is 133 Å². The molecule has 0 radical (unpaired) electrons. The lowest BCUT2D eigenvalue weighted by Gasteiger charge is -2.15. The number of hydrogen-bond donors (Lipinski definition) is 0. The van der Waals surface area contributed by atoms with E-state index in [9.17, 15) is 0 Å². The maximum Gasteiger partial charge on any atom is 0.0403 e. The Morgan fingerprint density at radius 3 is 0.789 bits per heavy atom. The van der Waals surface area contributed by atoms with Gasteiger partial charge in [0, 0.05) is 22.3 Å². The maximum absolute atomic E-state index is 3.50. The van der Waals surface area contributed by atoms with Crippen LogP contribution in [0.1, 0.15) is 61.1 Å². The molecule has 264 valence electrons. The van der Waals surface area contributed by atoms with E-state index in [-0.39, 0.29) is 0 Å². The fourth-order valence-corrected chi connectivity index (χ4v) is 8.90. The van der Waals surface area contributed by atoms with Gasteiger partial charge in [-0.15, -0.1) is 23.7 Å². The van der Waals surface area contributed by atoms with Crippen molar-refractivity contribution in [2.24, 2.45) is 0 Å². The van der Waals surface area contributed by atoms with Crippen LogP contribution in [0.5, 0.6) is 0 Å². The van der Waals surface area contributed by atoms with E-state index in [0.717, 1.165) is 71.8 Å². The second-order valence-corrected chi connectivity index (χ2v) is 14.8. The maximum atomic E-state index is 3.50. The van der Waals surface area contributed by atoms with E-state index in [1.54, 1.807) is 0 Å². The van der Waals surface area contributed by atoms with Gasteiger partial charge in [-0.1, -0.05) is 109 Å². The summed E-state index contributed by atoms with van der Waals surface area (Å²) in [6.07, 6.45) is 0.817. The van der Waals surface area contributed by atoms with Gasteiger partial charge in [-0.05, 0) is 180 Å². The fraction of sp³-hybridized carbons (Fsp3) is 0.0877. The highest BCUT2D eigenvalue weighted by atomic mass is 14.2. The third-order valence-corrected chi connectivity index (χ3v) is 11.4. The summed E-state index contributed by atoms with van der Waals surface area (Å²) in [5.41, 5.74) is 6.78. The zero-order chi connectivity index (χ0) is 38.6. The van der Waals surface area contributed by atoms with Gasteiger partial charge in [-0.2, -0.15) is 0 Å². The van der Waals surface area contributed by atoms with Crippen LogP contribution in [-0.4, -0.2) is 0 Å². The molecule has 0 spiro atoms. The van der Waals surface area contributed by atoms with E-state index in [2.05, 4.69) is 181 Å². The molecule has 0 aliphatic carbocycles. The topological polar surface area (TPSA) is 0 Å². The van der Waals surface area contributed by atoms with Gasteiger partial charge in [0.05, 0.1) is 0 Å². The predicted octanol–water partition coefficient (Wildman–Crippen LogP) is 14.0. The minimum absolute atomic E-state index is 0.817. The minimum atomic E-state index is 0.817. The Bertz CT molecular complexity index is 3410. The van der Waals surface area contributed by atoms with Crippen molar-refractivity contribution in [3.8, 4) is 47.4 Å². The molecule has 0 bridgehead atoms. The highest BCUT2D eigenvalue weighted by molar-refractivity contribution is 6.17. The summed E-state index contributed by atoms with van der Waals surface area (Å²) in [4.78, 5) is 0. The van der Waals surface area contributed by atoms with Crippen LogP contribution in [0.4, 0.5) is 0 Å². The molecule has 0 nitrogen and oxygen atoms in total. The van der Waals surface area contributed by atoms with Crippen LogP contribution in [0.3, 0.4) is 0 Å². The van der Waals surface area contributed by atoms with Crippen molar-refractivity contribution in [2.45, 2.75) is 34.1 Å². The van der Waals surface area contributed by atoms with Gasteiger partial charge in [0.25, 0.3) is 0 Å². The van der Waals surface area contributed by atoms with Crippen LogP contribution in [0, 0.1) is 47.4 Å². The Balaban J connectivity index is 1.12. The van der Waals surface area contributed by atoms with Crippen LogP contribution in [0.25, 0.3) is 86.2 Å². The Hall–Kier alpha value is -7.48. The number of benzene rings is 10. The second-order valence-electron chi connectivity index (χ2n) is 14.8. The number of fused-ring (bicyclic) bond motifs is 8. The third-order valence-electron chi connectivity index (χ3n) is 11.4. The van der Waals surface area contributed by atoms with E-state index in [1.807, 2.05) is 27.7 Å². The zero-order valence-corrected chi connectivity index (χ0v) is 32.4. The lowest BCUT2D eigenvalue weighted by Crippen LogP contribution is -1.94. The summed E-state index contributed by atoms with van der Waals surface area (Å²) in [5.74, 6) is 26.8. The Morgan fingerprint density at radius 1 is 0.281 bits per heavy atom. The second kappa shape index (κ2) is 13.7. The monoisotopic (exact) mass is 720 g/mol. The van der Waals surface area contributed by atoms with Gasteiger partial charge < -0.3 is 0 Å². The summed E-state index contributed by atoms with van der Waals surface area (Å²) in [7, 11) is 0. The minimum Gasteiger partial charge on any atom is -0.101 e. The lowest BCUT2D eigenvalue weighted by atomic mass is 9.88. The van der Waals surface area contributed by atoms with Crippen molar-refractivity contribution in [1.82, 2.24) is 0 Å². The van der Waals surface area contributed by atoms with Crippen molar-refractivity contribution in [2.75, 3.05) is 0 Å². The molecule has 0 saturated carbocycles. The average molecular weight is 721 g/mol. The van der Waals surface area contributed by atoms with Gasteiger partial charge in [-0.25, -0.2) is 0 Å². The molecule has 0 aliphatic rings. The van der Waals surface area contributed by atoms with Crippen LogP contribution in [-0.2, 0) is 6.42 Å². The quantitative estimate of drug-likeness (QED) is 0.123. The summed E-state index contributed by atoms with van der Waals surface area (Å²) >= 11 is 0. The zero-order valence-electron chi connectivity index (χ0n) is 32.4. The van der Waals surface area contributed by atoms with Crippen LogP contribution >= 0.6 is 0 Å². The fourth-order valence-electron chi connectivity index (χ4n) is 8.90. The highest BCUT2D eigenvalue weighted by Gasteiger charge is 2.17. The third kappa shape index (κ3) is 5.63. The van der Waals surface area contributed by atoms with E-state index in [1.165, 1.54) is 54.2 Å². The number of hydrogen-bond acceptors (Lipinski definition) is 0. The largest absolute Gasteiger partial charge is 0.101 e.